The maximum atomic E-state index is 12.5. The third kappa shape index (κ3) is 7.85. The van der Waals surface area contributed by atoms with Crippen molar-refractivity contribution in [2.24, 2.45) is 10.9 Å². The van der Waals surface area contributed by atoms with Crippen LogP contribution in [0.4, 0.5) is 13.2 Å². The van der Waals surface area contributed by atoms with Crippen molar-refractivity contribution in [3.05, 3.63) is 0 Å². The molecule has 1 aliphatic rings. The molecule has 1 heterocycles. The molecule has 0 spiro atoms. The van der Waals surface area contributed by atoms with Gasteiger partial charge >= 0.3 is 15.5 Å². The molecule has 0 saturated carbocycles. The molecule has 0 amide bonds. The summed E-state index contributed by atoms with van der Waals surface area (Å²) in [6.07, 6.45) is 2.86. The lowest BCUT2D eigenvalue weighted by Gasteiger charge is -2.30. The standard InChI is InChI=1S/C14H27F3N4O2S.HI/c1-3-5-8-19-13(18-4-2)20-11-12-6-9-21(10-7-12)24(22,23)14(15,16)17;/h12H,3-11H2,1-2H3,(H2,18,19,20);1H. The summed E-state index contributed by atoms with van der Waals surface area (Å²) in [4.78, 5) is 4.45. The molecule has 2 N–H and O–H groups in total. The Morgan fingerprint density at radius 3 is 2.28 bits per heavy atom. The van der Waals surface area contributed by atoms with E-state index in [1.54, 1.807) is 0 Å². The van der Waals surface area contributed by atoms with Gasteiger partial charge in [-0.15, -0.1) is 24.0 Å². The van der Waals surface area contributed by atoms with Crippen LogP contribution in [0.15, 0.2) is 4.99 Å². The summed E-state index contributed by atoms with van der Waals surface area (Å²) in [5.41, 5.74) is -5.22. The average Bonchev–Trinajstić information content (AvgIpc) is 2.52. The molecule has 0 unspecified atom stereocenters. The fourth-order valence-electron chi connectivity index (χ4n) is 2.42. The van der Waals surface area contributed by atoms with Crippen molar-refractivity contribution < 1.29 is 21.6 Å². The third-order valence-corrected chi connectivity index (χ3v) is 5.51. The zero-order chi connectivity index (χ0) is 18.2. The Labute approximate surface area is 165 Å². The largest absolute Gasteiger partial charge is 0.511 e. The third-order valence-electron chi connectivity index (χ3n) is 3.88. The van der Waals surface area contributed by atoms with Crippen molar-refractivity contribution in [3.8, 4) is 0 Å². The first kappa shape index (κ1) is 24.7. The van der Waals surface area contributed by atoms with Gasteiger partial charge in [0.25, 0.3) is 0 Å². The minimum Gasteiger partial charge on any atom is -0.357 e. The lowest BCUT2D eigenvalue weighted by atomic mass is 9.98. The average molecular weight is 500 g/mol. The van der Waals surface area contributed by atoms with Gasteiger partial charge in [0.15, 0.2) is 5.96 Å². The molecular weight excluding hydrogens is 472 g/mol. The number of nitrogens with zero attached hydrogens (tertiary/aromatic N) is 2. The number of halogens is 4. The number of unbranched alkanes of at least 4 members (excludes halogenated alkanes) is 1. The first-order chi connectivity index (χ1) is 11.2. The molecule has 150 valence electrons. The SMILES string of the molecule is CCCCNC(=NCC1CCN(S(=O)(=O)C(F)(F)F)CC1)NCC.I. The fraction of sp³-hybridized carbons (Fsp3) is 0.929. The predicted molar refractivity (Wildman–Crippen MR) is 104 cm³/mol. The number of aliphatic imine (C=N–C) groups is 1. The molecule has 0 bridgehead atoms. The lowest BCUT2D eigenvalue weighted by Crippen LogP contribution is -2.45. The molecular formula is C14H28F3IN4O2S. The van der Waals surface area contributed by atoms with E-state index in [1.807, 2.05) is 6.92 Å². The van der Waals surface area contributed by atoms with E-state index in [1.165, 1.54) is 0 Å². The second kappa shape index (κ2) is 11.4. The van der Waals surface area contributed by atoms with Crippen molar-refractivity contribution in [1.29, 1.82) is 0 Å². The highest BCUT2D eigenvalue weighted by molar-refractivity contribution is 14.0. The van der Waals surface area contributed by atoms with Crippen molar-refractivity contribution in [2.75, 3.05) is 32.7 Å². The number of sulfonamides is 1. The van der Waals surface area contributed by atoms with E-state index >= 15 is 0 Å². The van der Waals surface area contributed by atoms with Gasteiger partial charge in [0, 0.05) is 32.7 Å². The summed E-state index contributed by atoms with van der Waals surface area (Å²) in [6, 6.07) is 0. The Morgan fingerprint density at radius 2 is 1.80 bits per heavy atom. The van der Waals surface area contributed by atoms with Crippen molar-refractivity contribution in [2.45, 2.75) is 45.0 Å². The van der Waals surface area contributed by atoms with Gasteiger partial charge in [-0.1, -0.05) is 13.3 Å². The van der Waals surface area contributed by atoms with E-state index < -0.39 is 15.5 Å². The van der Waals surface area contributed by atoms with Crippen LogP contribution in [0.3, 0.4) is 0 Å². The monoisotopic (exact) mass is 500 g/mol. The Bertz CT molecular complexity index is 507. The molecule has 0 radical (unpaired) electrons. The van der Waals surface area contributed by atoms with Crippen LogP contribution in [-0.4, -0.2) is 56.9 Å². The molecule has 1 rings (SSSR count). The molecule has 1 aliphatic heterocycles. The van der Waals surface area contributed by atoms with Gasteiger partial charge in [-0.2, -0.15) is 17.5 Å². The van der Waals surface area contributed by atoms with Gasteiger partial charge in [0.1, 0.15) is 0 Å². The molecule has 0 aliphatic carbocycles. The summed E-state index contributed by atoms with van der Waals surface area (Å²) in [6.45, 7) is 5.84. The van der Waals surface area contributed by atoms with Crippen LogP contribution in [0, 0.1) is 5.92 Å². The number of piperidine rings is 1. The van der Waals surface area contributed by atoms with E-state index in [0.29, 0.717) is 29.7 Å². The van der Waals surface area contributed by atoms with E-state index in [9.17, 15) is 21.6 Å². The Morgan fingerprint density at radius 1 is 1.20 bits per heavy atom. The fourth-order valence-corrected chi connectivity index (χ4v) is 3.41. The van der Waals surface area contributed by atoms with Gasteiger partial charge in [-0.25, -0.2) is 8.42 Å². The first-order valence-corrected chi connectivity index (χ1v) is 9.75. The molecule has 1 saturated heterocycles. The maximum absolute atomic E-state index is 12.5. The van der Waals surface area contributed by atoms with Gasteiger partial charge in [0.05, 0.1) is 0 Å². The minimum atomic E-state index is -5.22. The van der Waals surface area contributed by atoms with Crippen LogP contribution in [0.25, 0.3) is 0 Å². The number of hydrogen-bond donors (Lipinski definition) is 2. The molecule has 0 aromatic carbocycles. The van der Waals surface area contributed by atoms with Gasteiger partial charge in [-0.05, 0) is 32.1 Å². The quantitative estimate of drug-likeness (QED) is 0.244. The molecule has 0 aromatic heterocycles. The van der Waals surface area contributed by atoms with Crippen molar-refractivity contribution >= 4 is 40.0 Å². The maximum Gasteiger partial charge on any atom is 0.511 e. The smallest absolute Gasteiger partial charge is 0.357 e. The predicted octanol–water partition coefficient (Wildman–Crippen LogP) is 2.52. The number of rotatable bonds is 7. The molecule has 11 heteroatoms. The van der Waals surface area contributed by atoms with Crippen LogP contribution in [0.5, 0.6) is 0 Å². The summed E-state index contributed by atoms with van der Waals surface area (Å²) in [5, 5.41) is 6.32. The highest BCUT2D eigenvalue weighted by Crippen LogP contribution is 2.30. The van der Waals surface area contributed by atoms with Crippen LogP contribution in [-0.2, 0) is 10.0 Å². The molecule has 25 heavy (non-hydrogen) atoms. The lowest BCUT2D eigenvalue weighted by molar-refractivity contribution is -0.0496. The van der Waals surface area contributed by atoms with Crippen LogP contribution in [0.2, 0.25) is 0 Å². The highest BCUT2D eigenvalue weighted by atomic mass is 127. The van der Waals surface area contributed by atoms with E-state index in [4.69, 9.17) is 0 Å². The first-order valence-electron chi connectivity index (χ1n) is 8.31. The van der Waals surface area contributed by atoms with Gasteiger partial charge < -0.3 is 10.6 Å². The molecule has 0 atom stereocenters. The van der Waals surface area contributed by atoms with Crippen LogP contribution < -0.4 is 10.6 Å². The summed E-state index contributed by atoms with van der Waals surface area (Å²) in [7, 11) is -5.20. The van der Waals surface area contributed by atoms with Crippen LogP contribution >= 0.6 is 24.0 Å². The second-order valence-corrected chi connectivity index (χ2v) is 7.72. The molecule has 6 nitrogen and oxygen atoms in total. The van der Waals surface area contributed by atoms with Crippen LogP contribution in [0.1, 0.15) is 39.5 Å². The Hall–Kier alpha value is -0.300. The van der Waals surface area contributed by atoms with Gasteiger partial charge in [-0.3, -0.25) is 4.99 Å². The molecule has 0 aromatic rings. The normalized spacial score (nSPS) is 17.9. The molecule has 1 fully saturated rings. The Balaban J connectivity index is 0.00000576. The highest BCUT2D eigenvalue weighted by Gasteiger charge is 2.50. The second-order valence-electron chi connectivity index (χ2n) is 5.79. The number of nitrogens with one attached hydrogen (secondary N) is 2. The minimum absolute atomic E-state index is 0. The summed E-state index contributed by atoms with van der Waals surface area (Å²) < 4.78 is 60.9. The van der Waals surface area contributed by atoms with E-state index in [2.05, 4.69) is 22.5 Å². The van der Waals surface area contributed by atoms with Crippen molar-refractivity contribution in [3.63, 3.8) is 0 Å². The number of hydrogen-bond acceptors (Lipinski definition) is 3. The summed E-state index contributed by atoms with van der Waals surface area (Å²) in [5.74, 6) is 0.780. The zero-order valence-corrected chi connectivity index (χ0v) is 17.7. The topological polar surface area (TPSA) is 73.8 Å². The van der Waals surface area contributed by atoms with E-state index in [0.717, 1.165) is 25.9 Å². The Kier molecular flexibility index (Phi) is 11.3. The van der Waals surface area contributed by atoms with Gasteiger partial charge in [0.2, 0.25) is 0 Å². The zero-order valence-electron chi connectivity index (χ0n) is 14.6. The number of guanidine groups is 1. The summed E-state index contributed by atoms with van der Waals surface area (Å²) >= 11 is 0. The van der Waals surface area contributed by atoms with Crippen molar-refractivity contribution in [1.82, 2.24) is 14.9 Å². The van der Waals surface area contributed by atoms with E-state index in [-0.39, 0.29) is 43.0 Å². The number of alkyl halides is 3.